The minimum absolute atomic E-state index is 0.0874. The van der Waals surface area contributed by atoms with E-state index in [1.165, 1.54) is 22.5 Å². The topological polar surface area (TPSA) is 60.9 Å². The molecular formula is C19H23ClFN3O3S2. The molecule has 0 N–H and O–H groups in total. The summed E-state index contributed by atoms with van der Waals surface area (Å²) >= 11 is 6.91. The zero-order valence-electron chi connectivity index (χ0n) is 16.2. The van der Waals surface area contributed by atoms with Crippen LogP contribution in [0.3, 0.4) is 0 Å². The van der Waals surface area contributed by atoms with Gasteiger partial charge in [0, 0.05) is 39.8 Å². The van der Waals surface area contributed by atoms with Crippen LogP contribution in [0.25, 0.3) is 0 Å². The molecular weight excluding hydrogens is 437 g/mol. The normalized spacial score (nSPS) is 17.2. The second-order valence-electron chi connectivity index (χ2n) is 7.00. The van der Waals surface area contributed by atoms with Crippen molar-refractivity contribution in [2.75, 3.05) is 33.2 Å². The van der Waals surface area contributed by atoms with Crippen LogP contribution in [0.2, 0.25) is 4.34 Å². The number of carbonyl (C=O) groups is 1. The Morgan fingerprint density at radius 1 is 1.24 bits per heavy atom. The molecule has 1 saturated heterocycles. The number of carbonyl (C=O) groups excluding carboxylic acids is 1. The van der Waals surface area contributed by atoms with E-state index < -0.39 is 16.1 Å². The summed E-state index contributed by atoms with van der Waals surface area (Å²) in [7, 11) is -1.88. The first-order valence-electron chi connectivity index (χ1n) is 9.17. The Balaban J connectivity index is 1.57. The molecule has 0 radical (unpaired) electrons. The molecule has 1 aliphatic rings. The molecule has 2 heterocycles. The van der Waals surface area contributed by atoms with Crippen LogP contribution in [0.15, 0.2) is 40.6 Å². The molecule has 158 valence electrons. The molecule has 0 spiro atoms. The van der Waals surface area contributed by atoms with Gasteiger partial charge in [-0.25, -0.2) is 12.8 Å². The Morgan fingerprint density at radius 3 is 2.52 bits per heavy atom. The van der Waals surface area contributed by atoms with Gasteiger partial charge in [0.2, 0.25) is 5.91 Å². The lowest BCUT2D eigenvalue weighted by Gasteiger charge is -2.37. The Labute approximate surface area is 179 Å². The van der Waals surface area contributed by atoms with E-state index in [-0.39, 0.29) is 15.9 Å². The van der Waals surface area contributed by atoms with E-state index in [4.69, 9.17) is 11.6 Å². The predicted molar refractivity (Wildman–Crippen MR) is 112 cm³/mol. The first kappa shape index (κ1) is 22.2. The first-order chi connectivity index (χ1) is 13.7. The number of rotatable bonds is 6. The van der Waals surface area contributed by atoms with E-state index in [2.05, 4.69) is 0 Å². The Hall–Kier alpha value is -1.52. The lowest BCUT2D eigenvalue weighted by atomic mass is 10.1. The molecule has 10 heteroatoms. The smallest absolute Gasteiger partial charge is 0.252 e. The molecule has 0 saturated carbocycles. The van der Waals surface area contributed by atoms with Gasteiger partial charge in [0.1, 0.15) is 10.0 Å². The second-order valence-corrected chi connectivity index (χ2v) is 10.9. The average molecular weight is 460 g/mol. The van der Waals surface area contributed by atoms with Crippen molar-refractivity contribution in [3.63, 3.8) is 0 Å². The third-order valence-electron chi connectivity index (χ3n) is 5.01. The van der Waals surface area contributed by atoms with Crippen LogP contribution in [0.1, 0.15) is 12.5 Å². The number of nitrogens with zero attached hydrogens (tertiary/aromatic N) is 3. The molecule has 0 unspecified atom stereocenters. The predicted octanol–water partition coefficient (Wildman–Crippen LogP) is 2.89. The molecule has 1 amide bonds. The zero-order chi connectivity index (χ0) is 21.2. The number of hydrogen-bond donors (Lipinski definition) is 0. The van der Waals surface area contributed by atoms with E-state index in [1.54, 1.807) is 30.1 Å². The van der Waals surface area contributed by atoms with Gasteiger partial charge in [0.15, 0.2) is 0 Å². The summed E-state index contributed by atoms with van der Waals surface area (Å²) in [6.45, 7) is 3.66. The Morgan fingerprint density at radius 2 is 1.93 bits per heavy atom. The van der Waals surface area contributed by atoms with Crippen molar-refractivity contribution < 1.29 is 17.6 Å². The largest absolute Gasteiger partial charge is 0.340 e. The molecule has 1 atom stereocenters. The molecule has 0 bridgehead atoms. The van der Waals surface area contributed by atoms with Crippen LogP contribution in [-0.4, -0.2) is 67.7 Å². The zero-order valence-corrected chi connectivity index (χ0v) is 18.6. The van der Waals surface area contributed by atoms with Crippen molar-refractivity contribution in [2.24, 2.45) is 0 Å². The summed E-state index contributed by atoms with van der Waals surface area (Å²) in [6, 6.07) is 8.87. The van der Waals surface area contributed by atoms with Crippen LogP contribution >= 0.6 is 22.9 Å². The van der Waals surface area contributed by atoms with E-state index in [1.807, 2.05) is 11.8 Å². The van der Waals surface area contributed by atoms with Crippen LogP contribution in [0, 0.1) is 5.82 Å². The van der Waals surface area contributed by atoms with Crippen molar-refractivity contribution in [3.05, 3.63) is 52.1 Å². The molecule has 6 nitrogen and oxygen atoms in total. The molecule has 29 heavy (non-hydrogen) atoms. The van der Waals surface area contributed by atoms with Crippen molar-refractivity contribution in [1.29, 1.82) is 0 Å². The van der Waals surface area contributed by atoms with Gasteiger partial charge in [0.25, 0.3) is 10.0 Å². The molecule has 2 aromatic rings. The first-order valence-corrected chi connectivity index (χ1v) is 11.8. The fraction of sp³-hybridized carbons (Fsp3) is 0.421. The monoisotopic (exact) mass is 459 g/mol. The van der Waals surface area contributed by atoms with Crippen molar-refractivity contribution in [2.45, 2.75) is 23.7 Å². The maximum Gasteiger partial charge on any atom is 0.252 e. The van der Waals surface area contributed by atoms with E-state index in [0.29, 0.717) is 37.1 Å². The average Bonchev–Trinajstić information content (AvgIpc) is 3.14. The number of amides is 1. The van der Waals surface area contributed by atoms with Crippen LogP contribution in [0.5, 0.6) is 0 Å². The standard InChI is InChI=1S/C19H23ClFN3O3S2/c1-14(19(25)22(2)13-15-4-3-5-16(21)12-15)23-8-10-24(11-9-23)29(26,27)18-7-6-17(20)28-18/h3-7,12,14H,8-11,13H2,1-2H3/t14-/m0/s1. The maximum atomic E-state index is 13.4. The minimum atomic E-state index is -3.56. The molecule has 1 aliphatic heterocycles. The van der Waals surface area contributed by atoms with Gasteiger partial charge in [-0.15, -0.1) is 11.3 Å². The number of benzene rings is 1. The van der Waals surface area contributed by atoms with Gasteiger partial charge in [-0.2, -0.15) is 4.31 Å². The van der Waals surface area contributed by atoms with Crippen molar-refractivity contribution in [3.8, 4) is 0 Å². The van der Waals surface area contributed by atoms with Crippen LogP contribution in [-0.2, 0) is 21.4 Å². The highest BCUT2D eigenvalue weighted by molar-refractivity contribution is 7.91. The fourth-order valence-electron chi connectivity index (χ4n) is 3.36. The number of likely N-dealkylation sites (N-methyl/N-ethyl adjacent to an activating group) is 1. The number of piperazine rings is 1. The maximum absolute atomic E-state index is 13.4. The highest BCUT2D eigenvalue weighted by Gasteiger charge is 2.33. The Bertz CT molecular complexity index is 975. The highest BCUT2D eigenvalue weighted by Crippen LogP contribution is 2.28. The molecule has 1 aromatic carbocycles. The summed E-state index contributed by atoms with van der Waals surface area (Å²) < 4.78 is 40.9. The summed E-state index contributed by atoms with van der Waals surface area (Å²) in [4.78, 5) is 16.3. The van der Waals surface area contributed by atoms with Gasteiger partial charge in [-0.3, -0.25) is 9.69 Å². The van der Waals surface area contributed by atoms with Gasteiger partial charge in [-0.05, 0) is 36.8 Å². The summed E-state index contributed by atoms with van der Waals surface area (Å²) in [5.41, 5.74) is 0.721. The lowest BCUT2D eigenvalue weighted by Crippen LogP contribution is -2.54. The number of halogens is 2. The van der Waals surface area contributed by atoms with Gasteiger partial charge < -0.3 is 4.90 Å². The number of hydrogen-bond acceptors (Lipinski definition) is 5. The van der Waals surface area contributed by atoms with E-state index in [0.717, 1.165) is 16.9 Å². The van der Waals surface area contributed by atoms with E-state index in [9.17, 15) is 17.6 Å². The van der Waals surface area contributed by atoms with Crippen molar-refractivity contribution in [1.82, 2.24) is 14.1 Å². The third-order valence-corrected chi connectivity index (χ3v) is 8.60. The number of thiophene rings is 1. The fourth-order valence-corrected chi connectivity index (χ4v) is 6.42. The Kier molecular flexibility index (Phi) is 6.95. The summed E-state index contributed by atoms with van der Waals surface area (Å²) in [5.74, 6) is -0.420. The van der Waals surface area contributed by atoms with Crippen molar-refractivity contribution >= 4 is 38.9 Å². The van der Waals surface area contributed by atoms with Gasteiger partial charge in [-0.1, -0.05) is 23.7 Å². The van der Waals surface area contributed by atoms with Gasteiger partial charge in [0.05, 0.1) is 10.4 Å². The molecule has 3 rings (SSSR count). The number of sulfonamides is 1. The SMILES string of the molecule is C[C@@H](C(=O)N(C)Cc1cccc(F)c1)N1CCN(S(=O)(=O)c2ccc(Cl)s2)CC1. The third kappa shape index (κ3) is 5.16. The summed E-state index contributed by atoms with van der Waals surface area (Å²) in [5, 5.41) is 0. The second kappa shape index (κ2) is 9.09. The molecule has 1 fully saturated rings. The minimum Gasteiger partial charge on any atom is -0.340 e. The van der Waals surface area contributed by atoms with Crippen LogP contribution in [0.4, 0.5) is 4.39 Å². The highest BCUT2D eigenvalue weighted by atomic mass is 35.5. The van der Waals surface area contributed by atoms with E-state index >= 15 is 0 Å². The summed E-state index contributed by atoms with van der Waals surface area (Å²) in [6.07, 6.45) is 0. The lowest BCUT2D eigenvalue weighted by molar-refractivity contribution is -0.136. The van der Waals surface area contributed by atoms with Gasteiger partial charge >= 0.3 is 0 Å². The molecule has 0 aliphatic carbocycles. The quantitative estimate of drug-likeness (QED) is 0.666. The molecule has 1 aromatic heterocycles. The van der Waals surface area contributed by atoms with Crippen LogP contribution < -0.4 is 0 Å².